The predicted octanol–water partition coefficient (Wildman–Crippen LogP) is 1.87. The van der Waals surface area contributed by atoms with Gasteiger partial charge in [-0.3, -0.25) is 4.79 Å². The zero-order valence-electron chi connectivity index (χ0n) is 9.29. The minimum absolute atomic E-state index is 0.379. The van der Waals surface area contributed by atoms with Gasteiger partial charge in [0.25, 0.3) is 0 Å². The number of carbonyl (C=O) groups is 1. The maximum Gasteiger partial charge on any atom is 0.320 e. The van der Waals surface area contributed by atoms with Gasteiger partial charge < -0.3 is 10.4 Å². The molecule has 1 aliphatic rings. The Morgan fingerprint density at radius 1 is 1.43 bits per heavy atom. The molecule has 0 bridgehead atoms. The van der Waals surface area contributed by atoms with Crippen LogP contribution in [0.5, 0.6) is 0 Å². The Hall–Kier alpha value is -0.570. The van der Waals surface area contributed by atoms with Crippen molar-refractivity contribution in [2.24, 2.45) is 11.8 Å². The van der Waals surface area contributed by atoms with Crippen LogP contribution in [0.3, 0.4) is 0 Å². The molecular formula is C11H21NO2. The first kappa shape index (κ1) is 11.5. The molecule has 1 aliphatic carbocycles. The van der Waals surface area contributed by atoms with Gasteiger partial charge in [-0.2, -0.15) is 0 Å². The number of carboxylic acid groups (broad SMARTS) is 1. The number of rotatable bonds is 3. The highest BCUT2D eigenvalue weighted by molar-refractivity contribution is 5.72. The molecule has 82 valence electrons. The summed E-state index contributed by atoms with van der Waals surface area (Å²) >= 11 is 0. The van der Waals surface area contributed by atoms with E-state index < -0.39 is 12.0 Å². The Morgan fingerprint density at radius 2 is 2.07 bits per heavy atom. The van der Waals surface area contributed by atoms with E-state index in [0.717, 1.165) is 6.42 Å². The molecule has 0 aliphatic heterocycles. The second-order valence-electron chi connectivity index (χ2n) is 4.60. The molecular weight excluding hydrogens is 178 g/mol. The Labute approximate surface area is 85.9 Å². The smallest absolute Gasteiger partial charge is 0.320 e. The lowest BCUT2D eigenvalue weighted by Crippen LogP contribution is -2.47. The molecule has 1 fully saturated rings. The fraction of sp³-hybridized carbons (Fsp3) is 0.909. The van der Waals surface area contributed by atoms with Crippen LogP contribution in [-0.4, -0.2) is 23.2 Å². The van der Waals surface area contributed by atoms with E-state index >= 15 is 0 Å². The van der Waals surface area contributed by atoms with E-state index in [1.54, 1.807) is 6.92 Å². The molecule has 4 atom stereocenters. The highest BCUT2D eigenvalue weighted by atomic mass is 16.4. The highest BCUT2D eigenvalue weighted by Gasteiger charge is 2.28. The summed E-state index contributed by atoms with van der Waals surface area (Å²) < 4.78 is 0. The van der Waals surface area contributed by atoms with Gasteiger partial charge in [0.05, 0.1) is 0 Å². The van der Waals surface area contributed by atoms with Gasteiger partial charge in [0, 0.05) is 6.04 Å². The van der Waals surface area contributed by atoms with Gasteiger partial charge in [-0.1, -0.05) is 26.7 Å². The second kappa shape index (κ2) is 4.78. The van der Waals surface area contributed by atoms with Crippen LogP contribution >= 0.6 is 0 Å². The predicted molar refractivity (Wildman–Crippen MR) is 56.2 cm³/mol. The molecule has 0 aromatic rings. The maximum absolute atomic E-state index is 10.7. The summed E-state index contributed by atoms with van der Waals surface area (Å²) in [5.74, 6) is 0.545. The number of hydrogen-bond donors (Lipinski definition) is 2. The third-order valence-electron chi connectivity index (χ3n) is 3.54. The molecule has 0 amide bonds. The molecule has 3 heteroatoms. The van der Waals surface area contributed by atoms with E-state index in [1.165, 1.54) is 12.8 Å². The molecule has 0 aromatic heterocycles. The van der Waals surface area contributed by atoms with Gasteiger partial charge in [-0.25, -0.2) is 0 Å². The zero-order valence-corrected chi connectivity index (χ0v) is 9.29. The molecule has 0 spiro atoms. The first-order valence-corrected chi connectivity index (χ1v) is 5.51. The summed E-state index contributed by atoms with van der Waals surface area (Å²) in [6.07, 6.45) is 3.61. The largest absolute Gasteiger partial charge is 0.480 e. The molecule has 3 nitrogen and oxygen atoms in total. The quantitative estimate of drug-likeness (QED) is 0.729. The topological polar surface area (TPSA) is 49.3 Å². The average Bonchev–Trinajstić information content (AvgIpc) is 2.12. The van der Waals surface area contributed by atoms with Gasteiger partial charge in [0.2, 0.25) is 0 Å². The van der Waals surface area contributed by atoms with Crippen LogP contribution in [0.4, 0.5) is 0 Å². The minimum atomic E-state index is -0.754. The zero-order chi connectivity index (χ0) is 10.7. The van der Waals surface area contributed by atoms with E-state index in [9.17, 15) is 4.79 Å². The standard InChI is InChI=1S/C11H21NO2/c1-7-5-4-6-10(8(7)2)12-9(3)11(13)14/h7-10,12H,4-6H2,1-3H3,(H,13,14). The van der Waals surface area contributed by atoms with Crippen molar-refractivity contribution in [3.8, 4) is 0 Å². The summed E-state index contributed by atoms with van der Waals surface area (Å²) in [7, 11) is 0. The van der Waals surface area contributed by atoms with Gasteiger partial charge >= 0.3 is 5.97 Å². The van der Waals surface area contributed by atoms with Crippen molar-refractivity contribution in [3.63, 3.8) is 0 Å². The van der Waals surface area contributed by atoms with E-state index in [1.807, 2.05) is 0 Å². The van der Waals surface area contributed by atoms with Crippen molar-refractivity contribution in [2.45, 2.75) is 52.1 Å². The first-order chi connectivity index (χ1) is 6.52. The third kappa shape index (κ3) is 2.71. The summed E-state index contributed by atoms with van der Waals surface area (Å²) in [6, 6.07) is -0.0439. The summed E-state index contributed by atoms with van der Waals surface area (Å²) in [5, 5.41) is 12.0. The molecule has 14 heavy (non-hydrogen) atoms. The molecule has 2 N–H and O–H groups in total. The fourth-order valence-electron chi connectivity index (χ4n) is 2.21. The lowest BCUT2D eigenvalue weighted by molar-refractivity contribution is -0.139. The van der Waals surface area contributed by atoms with Crippen LogP contribution in [0, 0.1) is 11.8 Å². The molecule has 1 rings (SSSR count). The Kier molecular flexibility index (Phi) is 3.93. The Balaban J connectivity index is 2.46. The van der Waals surface area contributed by atoms with Gasteiger partial charge in [0.15, 0.2) is 0 Å². The molecule has 0 aromatic carbocycles. The summed E-state index contributed by atoms with van der Waals surface area (Å²) in [5.41, 5.74) is 0. The van der Waals surface area contributed by atoms with E-state index in [-0.39, 0.29) is 0 Å². The number of carboxylic acids is 1. The van der Waals surface area contributed by atoms with Gasteiger partial charge in [-0.15, -0.1) is 0 Å². The van der Waals surface area contributed by atoms with Crippen LogP contribution in [0.15, 0.2) is 0 Å². The van der Waals surface area contributed by atoms with Crippen molar-refractivity contribution in [1.82, 2.24) is 5.32 Å². The third-order valence-corrected chi connectivity index (χ3v) is 3.54. The van der Waals surface area contributed by atoms with Crippen molar-refractivity contribution in [2.75, 3.05) is 0 Å². The van der Waals surface area contributed by atoms with Crippen LogP contribution in [0.25, 0.3) is 0 Å². The SMILES string of the molecule is CC(NC1CCCC(C)C1C)C(=O)O. The van der Waals surface area contributed by atoms with E-state index in [4.69, 9.17) is 5.11 Å². The molecule has 4 unspecified atom stereocenters. The Bertz CT molecular complexity index is 205. The minimum Gasteiger partial charge on any atom is -0.480 e. The van der Waals surface area contributed by atoms with Crippen molar-refractivity contribution >= 4 is 5.97 Å². The van der Waals surface area contributed by atoms with Crippen molar-refractivity contribution < 1.29 is 9.90 Å². The molecule has 0 radical (unpaired) electrons. The van der Waals surface area contributed by atoms with Crippen LogP contribution < -0.4 is 5.32 Å². The maximum atomic E-state index is 10.7. The van der Waals surface area contributed by atoms with Crippen molar-refractivity contribution in [1.29, 1.82) is 0 Å². The highest BCUT2D eigenvalue weighted by Crippen LogP contribution is 2.29. The molecule has 1 saturated carbocycles. The second-order valence-corrected chi connectivity index (χ2v) is 4.60. The number of hydrogen-bond acceptors (Lipinski definition) is 2. The van der Waals surface area contributed by atoms with Crippen molar-refractivity contribution in [3.05, 3.63) is 0 Å². The lowest BCUT2D eigenvalue weighted by Gasteiger charge is -2.35. The lowest BCUT2D eigenvalue weighted by atomic mass is 9.78. The van der Waals surface area contributed by atoms with E-state index in [2.05, 4.69) is 19.2 Å². The van der Waals surface area contributed by atoms with Crippen LogP contribution in [-0.2, 0) is 4.79 Å². The van der Waals surface area contributed by atoms with E-state index in [0.29, 0.717) is 17.9 Å². The van der Waals surface area contributed by atoms with Gasteiger partial charge in [-0.05, 0) is 25.2 Å². The average molecular weight is 199 g/mol. The van der Waals surface area contributed by atoms with Crippen LogP contribution in [0.2, 0.25) is 0 Å². The fourth-order valence-corrected chi connectivity index (χ4v) is 2.21. The summed E-state index contributed by atoms with van der Waals surface area (Å²) in [4.78, 5) is 10.7. The number of aliphatic carboxylic acids is 1. The molecule has 0 heterocycles. The van der Waals surface area contributed by atoms with Crippen LogP contribution in [0.1, 0.15) is 40.0 Å². The normalized spacial score (nSPS) is 35.2. The number of nitrogens with one attached hydrogen (secondary N) is 1. The molecule has 0 saturated heterocycles. The van der Waals surface area contributed by atoms with Gasteiger partial charge in [0.1, 0.15) is 6.04 Å². The Morgan fingerprint density at radius 3 is 2.64 bits per heavy atom. The first-order valence-electron chi connectivity index (χ1n) is 5.51. The summed E-state index contributed by atoms with van der Waals surface area (Å²) in [6.45, 7) is 6.19. The monoisotopic (exact) mass is 199 g/mol.